The van der Waals surface area contributed by atoms with Crippen molar-refractivity contribution in [3.8, 4) is 17.2 Å². The molecule has 5 rings (SSSR count). The van der Waals surface area contributed by atoms with E-state index < -0.39 is 95.7 Å². The van der Waals surface area contributed by atoms with Crippen molar-refractivity contribution < 1.29 is 54.1 Å². The van der Waals surface area contributed by atoms with Crippen LogP contribution in [0.2, 0.25) is 0 Å². The molecule has 1 heterocycles. The van der Waals surface area contributed by atoms with Crippen LogP contribution < -0.4 is 10.1 Å². The lowest BCUT2D eigenvalue weighted by Crippen LogP contribution is -2.58. The molecule has 0 radical (unpaired) electrons. The number of aromatic hydroxyl groups is 2. The zero-order valence-electron chi connectivity index (χ0n) is 24.6. The van der Waals surface area contributed by atoms with Gasteiger partial charge in [0.05, 0.1) is 42.1 Å². The standard InChI is InChI=1S/C31H37NO11/c1-13-25(35)16(32-30(2,3)4)9-20(42-13)43-18-11-31(40,19(34)12-33)10-15-22(18)29(39)24-23(27(15)37)26(36)14-7-6-8-17(41-5)21(14)28(24)38/h6-8,13,16,18,20,25,32-33,35,37,39-40H,9-12H2,1-5H3/t13-,16-,18-,20?,25+,31-/m0/s1. The number of phenols is 2. The molecule has 43 heavy (non-hydrogen) atoms. The van der Waals surface area contributed by atoms with Gasteiger partial charge in [-0.3, -0.25) is 14.4 Å². The van der Waals surface area contributed by atoms with E-state index in [1.54, 1.807) is 6.92 Å². The number of aliphatic hydroxyl groups excluding tert-OH is 2. The zero-order chi connectivity index (χ0) is 31.6. The predicted octanol–water partition coefficient (Wildman–Crippen LogP) is 1.43. The van der Waals surface area contributed by atoms with Crippen LogP contribution in [0.3, 0.4) is 0 Å². The fraction of sp³-hybridized carbons (Fsp3) is 0.516. The van der Waals surface area contributed by atoms with Gasteiger partial charge in [0.1, 0.15) is 29.5 Å². The van der Waals surface area contributed by atoms with Crippen LogP contribution in [0.5, 0.6) is 17.2 Å². The van der Waals surface area contributed by atoms with Crippen LogP contribution in [0.1, 0.15) is 89.6 Å². The lowest BCUT2D eigenvalue weighted by molar-refractivity contribution is -0.250. The van der Waals surface area contributed by atoms with Gasteiger partial charge in [0, 0.05) is 47.5 Å². The summed E-state index contributed by atoms with van der Waals surface area (Å²) in [6, 6.07) is 3.93. The minimum absolute atomic E-state index is 0.0441. The summed E-state index contributed by atoms with van der Waals surface area (Å²) in [5.74, 6) is -3.70. The Bertz CT molecular complexity index is 1500. The van der Waals surface area contributed by atoms with Gasteiger partial charge in [-0.05, 0) is 33.8 Å². The number of fused-ring (bicyclic) bond motifs is 3. The summed E-state index contributed by atoms with van der Waals surface area (Å²) in [6.45, 7) is 6.45. The smallest absolute Gasteiger partial charge is 0.202 e. The third kappa shape index (κ3) is 5.22. The van der Waals surface area contributed by atoms with Crippen LogP contribution >= 0.6 is 0 Å². The molecule has 6 N–H and O–H groups in total. The van der Waals surface area contributed by atoms with Crippen LogP contribution in [-0.2, 0) is 20.7 Å². The summed E-state index contributed by atoms with van der Waals surface area (Å²) in [5, 5.41) is 58.2. The highest BCUT2D eigenvalue weighted by molar-refractivity contribution is 6.31. The SMILES string of the molecule is COc1cccc2c1C(=O)c1c(O)c3c(c(O)c1C2=O)C[C@@](O)(C(=O)CO)C[C@@H]3OC1C[C@H](NC(C)(C)C)[C@H](O)[C@H](C)O1. The van der Waals surface area contributed by atoms with Crippen molar-refractivity contribution in [2.24, 2.45) is 0 Å². The second-order valence-electron chi connectivity index (χ2n) is 12.5. The van der Waals surface area contributed by atoms with Gasteiger partial charge >= 0.3 is 0 Å². The number of rotatable bonds is 6. The highest BCUT2D eigenvalue weighted by Crippen LogP contribution is 2.52. The maximum absolute atomic E-state index is 13.8. The molecule has 0 saturated carbocycles. The van der Waals surface area contributed by atoms with Gasteiger partial charge in [0.2, 0.25) is 5.78 Å². The summed E-state index contributed by atoms with van der Waals surface area (Å²) in [4.78, 5) is 40.2. The number of hydrogen-bond acceptors (Lipinski definition) is 12. The second-order valence-corrected chi connectivity index (χ2v) is 12.5. The van der Waals surface area contributed by atoms with Gasteiger partial charge in [-0.25, -0.2) is 0 Å². The third-order valence-corrected chi connectivity index (χ3v) is 8.38. The van der Waals surface area contributed by atoms with Crippen molar-refractivity contribution >= 4 is 17.3 Å². The number of ether oxygens (including phenoxy) is 3. The summed E-state index contributed by atoms with van der Waals surface area (Å²) >= 11 is 0. The molecule has 1 fully saturated rings. The maximum atomic E-state index is 13.8. The molecule has 12 nitrogen and oxygen atoms in total. The maximum Gasteiger partial charge on any atom is 0.202 e. The number of methoxy groups -OCH3 is 1. The average molecular weight is 600 g/mol. The minimum atomic E-state index is -2.24. The Morgan fingerprint density at radius 1 is 1.12 bits per heavy atom. The molecule has 2 aliphatic carbocycles. The number of nitrogens with one attached hydrogen (secondary N) is 1. The Balaban J connectivity index is 1.64. The van der Waals surface area contributed by atoms with Crippen LogP contribution in [0.25, 0.3) is 0 Å². The number of Topliss-reactive ketones (excluding diaryl/α,β-unsaturated/α-hetero) is 1. The topological polar surface area (TPSA) is 192 Å². The molecule has 1 saturated heterocycles. The molecule has 2 aromatic carbocycles. The normalized spacial score (nSPS) is 28.6. The number of benzene rings is 2. The van der Waals surface area contributed by atoms with Gasteiger partial charge in [0.25, 0.3) is 0 Å². The molecule has 0 spiro atoms. The molecule has 1 aliphatic heterocycles. The van der Waals surface area contributed by atoms with Crippen molar-refractivity contribution in [3.63, 3.8) is 0 Å². The lowest BCUT2D eigenvalue weighted by Gasteiger charge is -2.44. The van der Waals surface area contributed by atoms with E-state index >= 15 is 0 Å². The molecule has 2 aromatic rings. The average Bonchev–Trinajstić information content (AvgIpc) is 2.94. The summed E-state index contributed by atoms with van der Waals surface area (Å²) in [5.41, 5.74) is -3.91. The van der Waals surface area contributed by atoms with Gasteiger partial charge < -0.3 is 45.1 Å². The molecular weight excluding hydrogens is 562 g/mol. The van der Waals surface area contributed by atoms with E-state index in [-0.39, 0.29) is 40.0 Å². The van der Waals surface area contributed by atoms with E-state index in [0.717, 1.165) is 0 Å². The predicted molar refractivity (Wildman–Crippen MR) is 150 cm³/mol. The molecule has 0 amide bonds. The molecule has 12 heteroatoms. The second kappa shape index (κ2) is 11.0. The fourth-order valence-electron chi connectivity index (χ4n) is 6.41. The molecule has 232 valence electrons. The fourth-order valence-corrected chi connectivity index (χ4v) is 6.41. The number of carbonyl (C=O) groups excluding carboxylic acids is 3. The molecule has 3 aliphatic rings. The highest BCUT2D eigenvalue weighted by atomic mass is 16.7. The Morgan fingerprint density at radius 2 is 1.79 bits per heavy atom. The number of hydrogen-bond donors (Lipinski definition) is 6. The van der Waals surface area contributed by atoms with E-state index in [1.165, 1.54) is 25.3 Å². The Hall–Kier alpha value is -3.39. The minimum Gasteiger partial charge on any atom is -0.507 e. The van der Waals surface area contributed by atoms with Crippen molar-refractivity contribution in [2.45, 2.75) is 88.7 Å². The van der Waals surface area contributed by atoms with E-state index in [0.29, 0.717) is 0 Å². The lowest BCUT2D eigenvalue weighted by atomic mass is 9.72. The van der Waals surface area contributed by atoms with Crippen molar-refractivity contribution in [3.05, 3.63) is 51.6 Å². The largest absolute Gasteiger partial charge is 0.507 e. The third-order valence-electron chi connectivity index (χ3n) is 8.38. The molecule has 0 bridgehead atoms. The molecular formula is C31H37NO11. The Kier molecular flexibility index (Phi) is 7.91. The van der Waals surface area contributed by atoms with Gasteiger partial charge in [-0.1, -0.05) is 12.1 Å². The number of carbonyl (C=O) groups is 3. The number of ketones is 3. The summed E-state index contributed by atoms with van der Waals surface area (Å²) in [7, 11) is 1.33. The quantitative estimate of drug-likeness (QED) is 0.224. The van der Waals surface area contributed by atoms with Crippen LogP contribution in [0.4, 0.5) is 0 Å². The van der Waals surface area contributed by atoms with Crippen LogP contribution in [-0.4, -0.2) is 92.3 Å². The van der Waals surface area contributed by atoms with Gasteiger partial charge in [-0.15, -0.1) is 0 Å². The zero-order valence-corrected chi connectivity index (χ0v) is 24.6. The van der Waals surface area contributed by atoms with E-state index in [2.05, 4.69) is 5.32 Å². The van der Waals surface area contributed by atoms with Crippen molar-refractivity contribution in [2.75, 3.05) is 13.7 Å². The monoisotopic (exact) mass is 599 g/mol. The molecule has 1 unspecified atom stereocenters. The Labute approximate surface area is 248 Å². The first-order valence-electron chi connectivity index (χ1n) is 14.1. The first-order valence-corrected chi connectivity index (χ1v) is 14.1. The van der Waals surface area contributed by atoms with E-state index in [4.69, 9.17) is 14.2 Å². The number of aliphatic hydroxyl groups is 3. The van der Waals surface area contributed by atoms with E-state index in [9.17, 15) is 39.9 Å². The van der Waals surface area contributed by atoms with Gasteiger partial charge in [-0.2, -0.15) is 0 Å². The van der Waals surface area contributed by atoms with Crippen molar-refractivity contribution in [1.29, 1.82) is 0 Å². The van der Waals surface area contributed by atoms with E-state index in [1.807, 2.05) is 20.8 Å². The number of phenolic OH excluding ortho intramolecular Hbond substituents is 2. The molecule has 0 aromatic heterocycles. The van der Waals surface area contributed by atoms with Crippen molar-refractivity contribution in [1.82, 2.24) is 5.32 Å². The highest BCUT2D eigenvalue weighted by Gasteiger charge is 2.50. The van der Waals surface area contributed by atoms with Gasteiger partial charge in [0.15, 0.2) is 17.9 Å². The molecule has 6 atom stereocenters. The summed E-state index contributed by atoms with van der Waals surface area (Å²) in [6.07, 6.45) is -4.79. The van der Waals surface area contributed by atoms with Crippen LogP contribution in [0, 0.1) is 0 Å². The first kappa shape index (κ1) is 31.0. The summed E-state index contributed by atoms with van der Waals surface area (Å²) < 4.78 is 17.5. The van der Waals surface area contributed by atoms with Crippen LogP contribution in [0.15, 0.2) is 18.2 Å². The first-order chi connectivity index (χ1) is 20.1. The Morgan fingerprint density at radius 3 is 2.42 bits per heavy atom.